The second-order valence-electron chi connectivity index (χ2n) is 4.39. The molecule has 3 aromatic rings. The fourth-order valence-corrected chi connectivity index (χ4v) is 2.56. The van der Waals surface area contributed by atoms with Crippen LogP contribution in [0, 0.1) is 13.8 Å². The Morgan fingerprint density at radius 3 is 2.68 bits per heavy atom. The van der Waals surface area contributed by atoms with Crippen LogP contribution in [0.4, 0.5) is 0 Å². The molecule has 0 saturated heterocycles. The number of pyridine rings is 1. The zero-order valence-corrected chi connectivity index (χ0v) is 12.8. The molecule has 1 aromatic carbocycles. The minimum absolute atomic E-state index is 0.687. The molecule has 0 spiro atoms. The maximum atomic E-state index is 6.01. The average molecular weight is 337 g/mol. The summed E-state index contributed by atoms with van der Waals surface area (Å²) in [6.07, 6.45) is 1.78. The van der Waals surface area contributed by atoms with Crippen LogP contribution in [-0.2, 0) is 0 Å². The van der Waals surface area contributed by atoms with Gasteiger partial charge in [0.05, 0.1) is 27.1 Å². The molecule has 0 saturated carbocycles. The number of fused-ring (bicyclic) bond motifs is 1. The molecule has 0 amide bonds. The summed E-state index contributed by atoms with van der Waals surface area (Å²) in [6.45, 7) is 4.01. The number of rotatable bonds is 1. The van der Waals surface area contributed by atoms with E-state index in [9.17, 15) is 0 Å². The van der Waals surface area contributed by atoms with Crippen molar-refractivity contribution in [3.8, 4) is 5.69 Å². The van der Waals surface area contributed by atoms with Gasteiger partial charge in [-0.1, -0.05) is 11.6 Å². The molecule has 19 heavy (non-hydrogen) atoms. The molecule has 0 N–H and O–H groups in total. The third kappa shape index (κ3) is 2.05. The molecule has 0 fully saturated rings. The average Bonchev–Trinajstić information content (AvgIpc) is 2.65. The van der Waals surface area contributed by atoms with E-state index in [2.05, 4.69) is 26.0 Å². The first-order valence-electron chi connectivity index (χ1n) is 5.84. The lowest BCUT2D eigenvalue weighted by atomic mass is 10.2. The number of hydrogen-bond donors (Lipinski definition) is 0. The molecule has 0 aliphatic rings. The summed E-state index contributed by atoms with van der Waals surface area (Å²) in [5, 5.41) is 6.28. The minimum Gasteiger partial charge on any atom is -0.256 e. The summed E-state index contributed by atoms with van der Waals surface area (Å²) >= 11 is 9.56. The Labute approximate surface area is 124 Å². The SMILES string of the molecule is Cc1nn(-c2ccnc3cc(Cl)ccc23)c(C)c1Br. The Morgan fingerprint density at radius 1 is 1.21 bits per heavy atom. The Balaban J connectivity index is 2.33. The fraction of sp³-hybridized carbons (Fsp3) is 0.143. The molecular weight excluding hydrogens is 326 g/mol. The minimum atomic E-state index is 0.687. The number of nitrogens with zero attached hydrogens (tertiary/aromatic N) is 3. The van der Waals surface area contributed by atoms with Crippen molar-refractivity contribution < 1.29 is 0 Å². The van der Waals surface area contributed by atoms with Crippen LogP contribution in [0.2, 0.25) is 5.02 Å². The van der Waals surface area contributed by atoms with E-state index in [-0.39, 0.29) is 0 Å². The number of benzene rings is 1. The van der Waals surface area contributed by atoms with Crippen LogP contribution >= 0.6 is 27.5 Å². The number of halogens is 2. The summed E-state index contributed by atoms with van der Waals surface area (Å²) in [6, 6.07) is 7.67. The maximum Gasteiger partial charge on any atom is 0.0758 e. The molecule has 0 radical (unpaired) electrons. The summed E-state index contributed by atoms with van der Waals surface area (Å²) in [7, 11) is 0. The second-order valence-corrected chi connectivity index (χ2v) is 5.62. The first kappa shape index (κ1) is 12.6. The van der Waals surface area contributed by atoms with Crippen molar-refractivity contribution in [1.82, 2.24) is 14.8 Å². The van der Waals surface area contributed by atoms with Crippen LogP contribution in [0.5, 0.6) is 0 Å². The van der Waals surface area contributed by atoms with E-state index in [1.165, 1.54) is 0 Å². The number of aromatic nitrogens is 3. The van der Waals surface area contributed by atoms with Crippen molar-refractivity contribution in [3.05, 3.63) is 51.3 Å². The molecule has 3 nitrogen and oxygen atoms in total. The highest BCUT2D eigenvalue weighted by Gasteiger charge is 2.12. The van der Waals surface area contributed by atoms with Crippen molar-refractivity contribution >= 4 is 38.4 Å². The first-order valence-corrected chi connectivity index (χ1v) is 7.01. The summed E-state index contributed by atoms with van der Waals surface area (Å²) < 4.78 is 2.96. The molecule has 5 heteroatoms. The molecule has 96 valence electrons. The third-order valence-electron chi connectivity index (χ3n) is 3.11. The standard InChI is InChI=1S/C14H11BrClN3/c1-8-14(15)9(2)19(18-8)13-5-6-17-12-7-10(16)3-4-11(12)13/h3-7H,1-2H3. The van der Waals surface area contributed by atoms with E-state index in [4.69, 9.17) is 11.6 Å². The van der Waals surface area contributed by atoms with Crippen molar-refractivity contribution in [2.45, 2.75) is 13.8 Å². The van der Waals surface area contributed by atoms with Crippen LogP contribution in [0.3, 0.4) is 0 Å². The lowest BCUT2D eigenvalue weighted by molar-refractivity contribution is 0.838. The Hall–Kier alpha value is -1.39. The molecule has 0 aliphatic carbocycles. The first-order chi connectivity index (χ1) is 9.08. The van der Waals surface area contributed by atoms with Gasteiger partial charge in [-0.3, -0.25) is 4.98 Å². The number of aryl methyl sites for hydroxylation is 1. The zero-order valence-electron chi connectivity index (χ0n) is 10.5. The van der Waals surface area contributed by atoms with E-state index in [1.807, 2.05) is 42.8 Å². The van der Waals surface area contributed by atoms with Gasteiger partial charge < -0.3 is 0 Å². The van der Waals surface area contributed by atoms with Gasteiger partial charge in [0.25, 0.3) is 0 Å². The molecule has 2 aromatic heterocycles. The lowest BCUT2D eigenvalue weighted by Crippen LogP contribution is -2.00. The van der Waals surface area contributed by atoms with Gasteiger partial charge >= 0.3 is 0 Å². The monoisotopic (exact) mass is 335 g/mol. The van der Waals surface area contributed by atoms with Crippen LogP contribution in [-0.4, -0.2) is 14.8 Å². The molecule has 0 unspecified atom stereocenters. The van der Waals surface area contributed by atoms with Gasteiger partial charge in [0.2, 0.25) is 0 Å². The fourth-order valence-electron chi connectivity index (χ4n) is 2.15. The second kappa shape index (κ2) is 4.62. The van der Waals surface area contributed by atoms with Gasteiger partial charge in [-0.15, -0.1) is 0 Å². The normalized spacial score (nSPS) is 11.2. The van der Waals surface area contributed by atoms with Crippen molar-refractivity contribution in [3.63, 3.8) is 0 Å². The largest absolute Gasteiger partial charge is 0.256 e. The zero-order chi connectivity index (χ0) is 13.6. The van der Waals surface area contributed by atoms with Gasteiger partial charge in [-0.25, -0.2) is 4.68 Å². The van der Waals surface area contributed by atoms with Crippen LogP contribution in [0.15, 0.2) is 34.9 Å². The molecule has 0 atom stereocenters. The predicted molar refractivity (Wildman–Crippen MR) is 81.0 cm³/mol. The molecule has 0 aliphatic heterocycles. The van der Waals surface area contributed by atoms with Crippen LogP contribution < -0.4 is 0 Å². The lowest BCUT2D eigenvalue weighted by Gasteiger charge is -2.08. The summed E-state index contributed by atoms with van der Waals surface area (Å²) in [4.78, 5) is 4.35. The maximum absolute atomic E-state index is 6.01. The van der Waals surface area contributed by atoms with Gasteiger partial charge in [0, 0.05) is 16.6 Å². The Kier molecular flexibility index (Phi) is 3.07. The highest BCUT2D eigenvalue weighted by atomic mass is 79.9. The van der Waals surface area contributed by atoms with Gasteiger partial charge in [-0.2, -0.15) is 5.10 Å². The highest BCUT2D eigenvalue weighted by Crippen LogP contribution is 2.27. The van der Waals surface area contributed by atoms with Crippen molar-refractivity contribution in [2.24, 2.45) is 0 Å². The summed E-state index contributed by atoms with van der Waals surface area (Å²) in [5.41, 5.74) is 3.91. The molecule has 3 rings (SSSR count). The number of hydrogen-bond acceptors (Lipinski definition) is 2. The Morgan fingerprint density at radius 2 is 2.00 bits per heavy atom. The van der Waals surface area contributed by atoms with E-state index in [0.29, 0.717) is 5.02 Å². The smallest absolute Gasteiger partial charge is 0.0758 e. The Bertz CT molecular complexity index is 780. The quantitative estimate of drug-likeness (QED) is 0.657. The van der Waals surface area contributed by atoms with E-state index >= 15 is 0 Å². The van der Waals surface area contributed by atoms with Crippen LogP contribution in [0.25, 0.3) is 16.6 Å². The highest BCUT2D eigenvalue weighted by molar-refractivity contribution is 9.10. The van der Waals surface area contributed by atoms with Gasteiger partial charge in [0.15, 0.2) is 0 Å². The predicted octanol–water partition coefficient (Wildman–Crippen LogP) is 4.45. The topological polar surface area (TPSA) is 30.7 Å². The third-order valence-corrected chi connectivity index (χ3v) is 4.50. The molecule has 0 bridgehead atoms. The van der Waals surface area contributed by atoms with E-state index in [1.54, 1.807) is 6.20 Å². The van der Waals surface area contributed by atoms with Gasteiger partial charge in [-0.05, 0) is 54.0 Å². The van der Waals surface area contributed by atoms with Crippen molar-refractivity contribution in [2.75, 3.05) is 0 Å². The van der Waals surface area contributed by atoms with Gasteiger partial charge in [0.1, 0.15) is 0 Å². The molecular formula is C14H11BrClN3. The summed E-state index contributed by atoms with van der Waals surface area (Å²) in [5.74, 6) is 0. The molecule has 2 heterocycles. The van der Waals surface area contributed by atoms with E-state index in [0.717, 1.165) is 32.5 Å². The van der Waals surface area contributed by atoms with E-state index < -0.39 is 0 Å². The van der Waals surface area contributed by atoms with Crippen molar-refractivity contribution in [1.29, 1.82) is 0 Å². The van der Waals surface area contributed by atoms with Crippen LogP contribution in [0.1, 0.15) is 11.4 Å².